The number of thiophene rings is 1. The minimum Gasteiger partial charge on any atom is -0.335 e. The van der Waals surface area contributed by atoms with Crippen molar-refractivity contribution >= 4 is 17.2 Å². The van der Waals surface area contributed by atoms with Gasteiger partial charge in [-0.3, -0.25) is 9.69 Å². The Kier molecular flexibility index (Phi) is 5.63. The lowest BCUT2D eigenvalue weighted by Gasteiger charge is -2.39. The van der Waals surface area contributed by atoms with E-state index in [-0.39, 0.29) is 17.5 Å². The lowest BCUT2D eigenvalue weighted by atomic mass is 9.82. The largest absolute Gasteiger partial charge is 0.335 e. The molecule has 1 amide bonds. The number of hydrogen-bond acceptors (Lipinski definition) is 3. The molecule has 160 valence electrons. The van der Waals surface area contributed by atoms with E-state index in [0.717, 1.165) is 26.1 Å². The van der Waals surface area contributed by atoms with Gasteiger partial charge in [0.05, 0.1) is 5.56 Å². The molecule has 0 unspecified atom stereocenters. The summed E-state index contributed by atoms with van der Waals surface area (Å²) in [6.07, 6.45) is 0.928. The second-order valence-electron chi connectivity index (χ2n) is 8.84. The molecule has 0 saturated carbocycles. The van der Waals surface area contributed by atoms with Gasteiger partial charge in [0.1, 0.15) is 5.82 Å². The van der Waals surface area contributed by atoms with Gasteiger partial charge in [-0.1, -0.05) is 42.0 Å². The number of fused-ring (bicyclic) bond motifs is 1. The minimum absolute atomic E-state index is 0.158. The maximum absolute atomic E-state index is 14.4. The molecule has 3 aromatic rings. The Morgan fingerprint density at radius 3 is 2.77 bits per heavy atom. The zero-order chi connectivity index (χ0) is 21.4. The van der Waals surface area contributed by atoms with Crippen molar-refractivity contribution in [2.75, 3.05) is 19.6 Å². The number of likely N-dealkylation sites (tertiary alicyclic amines) is 2. The van der Waals surface area contributed by atoms with Gasteiger partial charge in [0, 0.05) is 44.1 Å². The molecule has 2 saturated heterocycles. The van der Waals surface area contributed by atoms with Crippen LogP contribution in [0.15, 0.2) is 65.4 Å². The van der Waals surface area contributed by atoms with Crippen LogP contribution in [0.2, 0.25) is 0 Å². The first kappa shape index (κ1) is 20.4. The smallest absolute Gasteiger partial charge is 0.257 e. The van der Waals surface area contributed by atoms with Crippen LogP contribution in [0, 0.1) is 18.7 Å². The van der Waals surface area contributed by atoms with Crippen LogP contribution >= 0.6 is 11.3 Å². The molecule has 2 aliphatic rings. The number of carbonyl (C=O) groups excluding carboxylic acids is 1. The van der Waals surface area contributed by atoms with E-state index in [1.54, 1.807) is 29.5 Å². The molecule has 31 heavy (non-hydrogen) atoms. The summed E-state index contributed by atoms with van der Waals surface area (Å²) < 4.78 is 14.4. The van der Waals surface area contributed by atoms with E-state index in [4.69, 9.17) is 0 Å². The quantitative estimate of drug-likeness (QED) is 0.554. The van der Waals surface area contributed by atoms with Gasteiger partial charge in [-0.25, -0.2) is 4.39 Å². The van der Waals surface area contributed by atoms with Crippen LogP contribution in [0.25, 0.3) is 0 Å². The topological polar surface area (TPSA) is 23.6 Å². The molecule has 2 aliphatic heterocycles. The van der Waals surface area contributed by atoms with Crippen molar-refractivity contribution in [1.29, 1.82) is 0 Å². The normalized spacial score (nSPS) is 23.7. The molecule has 3 nitrogen and oxygen atoms in total. The van der Waals surface area contributed by atoms with Crippen LogP contribution in [0.3, 0.4) is 0 Å². The van der Waals surface area contributed by atoms with Gasteiger partial charge in [-0.2, -0.15) is 11.3 Å². The van der Waals surface area contributed by atoms with Crippen molar-refractivity contribution in [3.63, 3.8) is 0 Å². The van der Waals surface area contributed by atoms with E-state index in [1.807, 2.05) is 4.90 Å². The van der Waals surface area contributed by atoms with Crippen molar-refractivity contribution in [1.82, 2.24) is 9.80 Å². The standard InChI is InChI=1S/C26H27FN2OS/c1-18-5-4-6-19(13-18)14-28-11-9-25-23(15-28)22(20-10-12-31-17-20)16-29(25)26(30)21-7-2-3-8-24(21)27/h2-8,10,12-13,17,22-23,25H,9,11,14-16H2,1H3/t22-,23-,25-/m1/s1. The summed E-state index contributed by atoms with van der Waals surface area (Å²) >= 11 is 1.70. The fourth-order valence-corrected chi connectivity index (χ4v) is 6.10. The second-order valence-corrected chi connectivity index (χ2v) is 9.62. The maximum atomic E-state index is 14.4. The Labute approximate surface area is 187 Å². The zero-order valence-electron chi connectivity index (χ0n) is 17.7. The highest BCUT2D eigenvalue weighted by Gasteiger charge is 2.47. The molecule has 0 aliphatic carbocycles. The van der Waals surface area contributed by atoms with Crippen LogP contribution in [0.5, 0.6) is 0 Å². The third-order valence-corrected chi connectivity index (χ3v) is 7.54. The zero-order valence-corrected chi connectivity index (χ0v) is 18.5. The highest BCUT2D eigenvalue weighted by Crippen LogP contribution is 2.43. The van der Waals surface area contributed by atoms with Gasteiger partial charge < -0.3 is 4.90 Å². The Morgan fingerprint density at radius 2 is 2.00 bits per heavy atom. The summed E-state index contributed by atoms with van der Waals surface area (Å²) in [6.45, 7) is 5.64. The third-order valence-electron chi connectivity index (χ3n) is 6.84. The van der Waals surface area contributed by atoms with Gasteiger partial charge >= 0.3 is 0 Å². The lowest BCUT2D eigenvalue weighted by Crippen LogP contribution is -2.47. The van der Waals surface area contributed by atoms with Gasteiger partial charge in [-0.05, 0) is 53.4 Å². The van der Waals surface area contributed by atoms with Crippen molar-refractivity contribution in [3.8, 4) is 0 Å². The number of nitrogens with zero attached hydrogens (tertiary/aromatic N) is 2. The fourth-order valence-electron chi connectivity index (χ4n) is 5.38. The number of carbonyl (C=O) groups is 1. The summed E-state index contributed by atoms with van der Waals surface area (Å²) in [5.41, 5.74) is 4.12. The van der Waals surface area contributed by atoms with Crippen LogP contribution in [-0.4, -0.2) is 41.4 Å². The fraction of sp³-hybridized carbons (Fsp3) is 0.346. The molecular formula is C26H27FN2OS. The number of hydrogen-bond donors (Lipinski definition) is 0. The predicted molar refractivity (Wildman–Crippen MR) is 123 cm³/mol. The molecule has 0 spiro atoms. The average molecular weight is 435 g/mol. The number of rotatable bonds is 4. The molecule has 3 atom stereocenters. The summed E-state index contributed by atoms with van der Waals surface area (Å²) in [6, 6.07) is 17.4. The number of halogens is 1. The first-order chi connectivity index (χ1) is 15.1. The highest BCUT2D eigenvalue weighted by molar-refractivity contribution is 7.08. The first-order valence-corrected chi connectivity index (χ1v) is 11.9. The van der Waals surface area contributed by atoms with Gasteiger partial charge in [0.25, 0.3) is 5.91 Å². The van der Waals surface area contributed by atoms with Crippen molar-refractivity contribution < 1.29 is 9.18 Å². The van der Waals surface area contributed by atoms with Crippen molar-refractivity contribution in [3.05, 3.63) is 93.4 Å². The monoisotopic (exact) mass is 434 g/mol. The summed E-state index contributed by atoms with van der Waals surface area (Å²) in [5, 5.41) is 4.32. The lowest BCUT2D eigenvalue weighted by molar-refractivity contribution is 0.0609. The average Bonchev–Trinajstić information content (AvgIpc) is 3.41. The summed E-state index contributed by atoms with van der Waals surface area (Å²) in [4.78, 5) is 17.8. The Balaban J connectivity index is 1.40. The SMILES string of the molecule is Cc1cccc(CN2CC[C@@H]3[C@H](C2)[C@@H](c2ccsc2)CN3C(=O)c2ccccc2F)c1. The Morgan fingerprint density at radius 1 is 1.13 bits per heavy atom. The number of piperidine rings is 1. The molecule has 2 fully saturated rings. The molecule has 2 aromatic carbocycles. The first-order valence-electron chi connectivity index (χ1n) is 11.0. The molecule has 5 rings (SSSR count). The van der Waals surface area contributed by atoms with E-state index in [1.165, 1.54) is 22.8 Å². The maximum Gasteiger partial charge on any atom is 0.257 e. The summed E-state index contributed by atoms with van der Waals surface area (Å²) in [7, 11) is 0. The van der Waals surface area contributed by atoms with E-state index in [2.05, 4.69) is 52.9 Å². The van der Waals surface area contributed by atoms with E-state index in [0.29, 0.717) is 18.4 Å². The van der Waals surface area contributed by atoms with E-state index < -0.39 is 5.82 Å². The van der Waals surface area contributed by atoms with Gasteiger partial charge in [0.2, 0.25) is 0 Å². The van der Waals surface area contributed by atoms with Crippen LogP contribution < -0.4 is 0 Å². The highest BCUT2D eigenvalue weighted by atomic mass is 32.1. The minimum atomic E-state index is -0.431. The second kappa shape index (κ2) is 8.56. The number of amides is 1. The molecule has 0 radical (unpaired) electrons. The van der Waals surface area contributed by atoms with Crippen LogP contribution in [0.1, 0.15) is 39.4 Å². The Hall–Kier alpha value is -2.50. The number of aryl methyl sites for hydroxylation is 1. The molecule has 0 N–H and O–H groups in total. The molecule has 1 aromatic heterocycles. The summed E-state index contributed by atoms with van der Waals surface area (Å²) in [5.74, 6) is 0.0639. The molecule has 3 heterocycles. The third kappa shape index (κ3) is 4.04. The van der Waals surface area contributed by atoms with Crippen molar-refractivity contribution in [2.45, 2.75) is 31.8 Å². The van der Waals surface area contributed by atoms with E-state index in [9.17, 15) is 9.18 Å². The van der Waals surface area contributed by atoms with Gasteiger partial charge in [-0.15, -0.1) is 0 Å². The Bertz CT molecular complexity index is 1070. The molecule has 0 bridgehead atoms. The van der Waals surface area contributed by atoms with Gasteiger partial charge in [0.15, 0.2) is 0 Å². The predicted octanol–water partition coefficient (Wildman–Crippen LogP) is 5.33. The molecule has 5 heteroatoms. The van der Waals surface area contributed by atoms with Crippen molar-refractivity contribution in [2.24, 2.45) is 5.92 Å². The van der Waals surface area contributed by atoms with E-state index >= 15 is 0 Å². The van der Waals surface area contributed by atoms with Crippen LogP contribution in [0.4, 0.5) is 4.39 Å². The molecular weight excluding hydrogens is 407 g/mol. The van der Waals surface area contributed by atoms with Crippen LogP contribution in [-0.2, 0) is 6.54 Å². The number of benzene rings is 2.